The van der Waals surface area contributed by atoms with Crippen LogP contribution in [0.1, 0.15) is 21.6 Å². The molecule has 0 fully saturated rings. The molecule has 6 heteroatoms. The molecule has 0 spiro atoms. The second-order valence-electron chi connectivity index (χ2n) is 6.66. The van der Waals surface area contributed by atoms with Crippen LogP contribution in [-0.2, 0) is 6.61 Å². The molecule has 0 saturated heterocycles. The number of nitrogens with zero attached hydrogens (tertiary/aromatic N) is 2. The number of benzene rings is 2. The zero-order chi connectivity index (χ0) is 20.2. The summed E-state index contributed by atoms with van der Waals surface area (Å²) in [5.74, 6) is 0.379. The predicted molar refractivity (Wildman–Crippen MR) is 111 cm³/mol. The van der Waals surface area contributed by atoms with E-state index in [1.54, 1.807) is 48.7 Å². The van der Waals surface area contributed by atoms with Crippen molar-refractivity contribution in [2.45, 2.75) is 13.5 Å². The maximum absolute atomic E-state index is 12.3. The van der Waals surface area contributed by atoms with E-state index in [1.165, 1.54) is 10.5 Å². The SMILES string of the molecule is Cc1ccc2nc(COc3cccc(NC(=O)c4ccccc4)c3)cc(=O)n2c1. The van der Waals surface area contributed by atoms with E-state index in [1.807, 2.05) is 31.2 Å². The lowest BCUT2D eigenvalue weighted by Crippen LogP contribution is -2.16. The summed E-state index contributed by atoms with van der Waals surface area (Å²) >= 11 is 0. The number of amides is 1. The molecule has 0 saturated carbocycles. The number of rotatable bonds is 5. The van der Waals surface area contributed by atoms with Crippen LogP contribution in [0.15, 0.2) is 83.8 Å². The second-order valence-corrected chi connectivity index (χ2v) is 6.66. The van der Waals surface area contributed by atoms with Crippen LogP contribution in [0.4, 0.5) is 5.69 Å². The Hall–Kier alpha value is -3.93. The molecule has 1 amide bonds. The van der Waals surface area contributed by atoms with E-state index < -0.39 is 0 Å². The highest BCUT2D eigenvalue weighted by atomic mass is 16.5. The van der Waals surface area contributed by atoms with Crippen LogP contribution in [0.2, 0.25) is 0 Å². The fraction of sp³-hybridized carbons (Fsp3) is 0.0870. The number of ether oxygens (including phenoxy) is 1. The molecule has 6 nitrogen and oxygen atoms in total. The summed E-state index contributed by atoms with van der Waals surface area (Å²) in [6.07, 6.45) is 1.76. The number of hydrogen-bond acceptors (Lipinski definition) is 4. The first-order chi connectivity index (χ1) is 14.1. The van der Waals surface area contributed by atoms with Crippen molar-refractivity contribution < 1.29 is 9.53 Å². The lowest BCUT2D eigenvalue weighted by molar-refractivity contribution is 0.102. The summed E-state index contributed by atoms with van der Waals surface area (Å²) in [5.41, 5.74) is 3.15. The zero-order valence-corrected chi connectivity index (χ0v) is 15.8. The number of nitrogens with one attached hydrogen (secondary N) is 1. The molecule has 29 heavy (non-hydrogen) atoms. The number of carbonyl (C=O) groups excluding carboxylic acids is 1. The molecule has 2 aromatic heterocycles. The smallest absolute Gasteiger partial charge is 0.258 e. The highest BCUT2D eigenvalue weighted by Gasteiger charge is 2.07. The van der Waals surface area contributed by atoms with Crippen molar-refractivity contribution in [2.24, 2.45) is 0 Å². The molecule has 2 heterocycles. The highest BCUT2D eigenvalue weighted by Crippen LogP contribution is 2.19. The van der Waals surface area contributed by atoms with Gasteiger partial charge in [0.25, 0.3) is 11.5 Å². The summed E-state index contributed by atoms with van der Waals surface area (Å²) in [5, 5.41) is 2.85. The van der Waals surface area contributed by atoms with Crippen molar-refractivity contribution in [3.8, 4) is 5.75 Å². The monoisotopic (exact) mass is 385 g/mol. The van der Waals surface area contributed by atoms with Gasteiger partial charge in [-0.1, -0.05) is 30.3 Å². The largest absolute Gasteiger partial charge is 0.487 e. The van der Waals surface area contributed by atoms with Gasteiger partial charge in [-0.15, -0.1) is 0 Å². The van der Waals surface area contributed by atoms with Gasteiger partial charge in [-0.2, -0.15) is 0 Å². The van der Waals surface area contributed by atoms with E-state index in [9.17, 15) is 9.59 Å². The highest BCUT2D eigenvalue weighted by molar-refractivity contribution is 6.04. The maximum Gasteiger partial charge on any atom is 0.258 e. The van der Waals surface area contributed by atoms with E-state index in [2.05, 4.69) is 10.3 Å². The van der Waals surface area contributed by atoms with Crippen LogP contribution < -0.4 is 15.6 Å². The first-order valence-corrected chi connectivity index (χ1v) is 9.17. The number of hydrogen-bond donors (Lipinski definition) is 1. The molecular weight excluding hydrogens is 366 g/mol. The van der Waals surface area contributed by atoms with Gasteiger partial charge in [-0.05, 0) is 42.8 Å². The minimum absolute atomic E-state index is 0.149. The van der Waals surface area contributed by atoms with E-state index in [-0.39, 0.29) is 18.1 Å². The summed E-state index contributed by atoms with van der Waals surface area (Å²) in [6, 6.07) is 21.3. The molecule has 2 aromatic carbocycles. The van der Waals surface area contributed by atoms with Crippen LogP contribution in [-0.4, -0.2) is 15.3 Å². The van der Waals surface area contributed by atoms with E-state index in [4.69, 9.17) is 4.74 Å². The molecule has 4 aromatic rings. The Morgan fingerprint density at radius 2 is 1.86 bits per heavy atom. The number of aryl methyl sites for hydroxylation is 1. The first-order valence-electron chi connectivity index (χ1n) is 9.17. The van der Waals surface area contributed by atoms with Crippen molar-refractivity contribution in [2.75, 3.05) is 5.32 Å². The average molecular weight is 385 g/mol. The van der Waals surface area contributed by atoms with Gasteiger partial charge in [0.2, 0.25) is 0 Å². The fourth-order valence-corrected chi connectivity index (χ4v) is 2.95. The number of aromatic nitrogens is 2. The Morgan fingerprint density at radius 1 is 1.03 bits per heavy atom. The molecule has 0 bridgehead atoms. The molecule has 0 radical (unpaired) electrons. The van der Waals surface area contributed by atoms with Crippen LogP contribution in [0.25, 0.3) is 5.65 Å². The molecule has 0 aliphatic carbocycles. The lowest BCUT2D eigenvalue weighted by atomic mass is 10.2. The molecule has 0 aliphatic heterocycles. The normalized spacial score (nSPS) is 10.7. The van der Waals surface area contributed by atoms with E-state index in [0.29, 0.717) is 28.3 Å². The molecule has 0 atom stereocenters. The third-order valence-corrected chi connectivity index (χ3v) is 4.38. The predicted octanol–water partition coefficient (Wildman–Crippen LogP) is 3.83. The third-order valence-electron chi connectivity index (χ3n) is 4.38. The van der Waals surface area contributed by atoms with Crippen molar-refractivity contribution in [3.05, 3.63) is 106 Å². The van der Waals surface area contributed by atoms with Crippen LogP contribution in [0.3, 0.4) is 0 Å². The Morgan fingerprint density at radius 3 is 2.69 bits per heavy atom. The molecule has 0 aliphatic rings. The van der Waals surface area contributed by atoms with Gasteiger partial charge < -0.3 is 10.1 Å². The number of pyridine rings is 1. The van der Waals surface area contributed by atoms with Gasteiger partial charge in [0.15, 0.2) is 0 Å². The quantitative estimate of drug-likeness (QED) is 0.567. The Labute approximate surface area is 167 Å². The number of anilines is 1. The van der Waals surface area contributed by atoms with Crippen molar-refractivity contribution >= 4 is 17.2 Å². The second kappa shape index (κ2) is 7.98. The fourth-order valence-electron chi connectivity index (χ4n) is 2.95. The van der Waals surface area contributed by atoms with E-state index in [0.717, 1.165) is 5.56 Å². The first kappa shape index (κ1) is 18.4. The van der Waals surface area contributed by atoms with Crippen molar-refractivity contribution in [1.82, 2.24) is 9.38 Å². The maximum atomic E-state index is 12.3. The van der Waals surface area contributed by atoms with Gasteiger partial charge in [0.1, 0.15) is 18.0 Å². The van der Waals surface area contributed by atoms with Crippen LogP contribution in [0.5, 0.6) is 5.75 Å². The van der Waals surface area contributed by atoms with Crippen molar-refractivity contribution in [3.63, 3.8) is 0 Å². The van der Waals surface area contributed by atoms with Crippen molar-refractivity contribution in [1.29, 1.82) is 0 Å². The summed E-state index contributed by atoms with van der Waals surface area (Å²) in [7, 11) is 0. The molecular formula is C23H19N3O3. The Bertz CT molecular complexity index is 1230. The third kappa shape index (κ3) is 4.32. The molecule has 4 rings (SSSR count). The molecule has 1 N–H and O–H groups in total. The Kier molecular flexibility index (Phi) is 5.07. The summed E-state index contributed by atoms with van der Waals surface area (Å²) in [6.45, 7) is 2.07. The molecule has 144 valence electrons. The number of carbonyl (C=O) groups is 1. The lowest BCUT2D eigenvalue weighted by Gasteiger charge is -2.10. The Balaban J connectivity index is 1.47. The van der Waals surface area contributed by atoms with Gasteiger partial charge in [0, 0.05) is 29.6 Å². The minimum Gasteiger partial charge on any atom is -0.487 e. The van der Waals surface area contributed by atoms with Crippen LogP contribution >= 0.6 is 0 Å². The standard InChI is InChI=1S/C23H19N3O3/c1-16-10-11-21-24-19(13-22(27)26(21)14-16)15-29-20-9-5-8-18(12-20)25-23(28)17-6-3-2-4-7-17/h2-14H,15H2,1H3,(H,25,28). The zero-order valence-electron chi connectivity index (χ0n) is 15.8. The number of fused-ring (bicyclic) bond motifs is 1. The summed E-state index contributed by atoms with van der Waals surface area (Å²) in [4.78, 5) is 29.1. The average Bonchev–Trinajstić information content (AvgIpc) is 2.74. The van der Waals surface area contributed by atoms with Crippen LogP contribution in [0, 0.1) is 6.92 Å². The molecule has 0 unspecified atom stereocenters. The van der Waals surface area contributed by atoms with Gasteiger partial charge in [0.05, 0.1) is 5.69 Å². The summed E-state index contributed by atoms with van der Waals surface area (Å²) < 4.78 is 7.30. The van der Waals surface area contributed by atoms with E-state index >= 15 is 0 Å². The van der Waals surface area contributed by atoms with Gasteiger partial charge >= 0.3 is 0 Å². The van der Waals surface area contributed by atoms with Gasteiger partial charge in [-0.25, -0.2) is 4.98 Å². The minimum atomic E-state index is -0.192. The topological polar surface area (TPSA) is 72.7 Å². The van der Waals surface area contributed by atoms with Gasteiger partial charge in [-0.3, -0.25) is 14.0 Å².